The van der Waals surface area contributed by atoms with Gasteiger partial charge < -0.3 is 0 Å². The zero-order chi connectivity index (χ0) is 7.52. The van der Waals surface area contributed by atoms with Crippen molar-refractivity contribution in [1.82, 2.24) is 0 Å². The Morgan fingerprint density at radius 3 is 3.45 bits per heavy atom. The maximum atomic E-state index is 4.93. The molecule has 1 aromatic carbocycles. The van der Waals surface area contributed by atoms with Crippen molar-refractivity contribution in [1.29, 1.82) is 0 Å². The fourth-order valence-corrected chi connectivity index (χ4v) is 0.978. The van der Waals surface area contributed by atoms with E-state index in [1.807, 2.05) is 24.3 Å². The van der Waals surface area contributed by atoms with E-state index in [0.29, 0.717) is 0 Å². The Bertz CT molecular complexity index is 279. The highest BCUT2D eigenvalue weighted by molar-refractivity contribution is 5.33. The molecule has 1 aliphatic rings. The van der Waals surface area contributed by atoms with Crippen molar-refractivity contribution in [3.8, 4) is 5.75 Å². The monoisotopic (exact) mass is 147 g/mol. The number of fused-ring (bicyclic) bond motifs is 1. The molecule has 1 aliphatic heterocycles. The van der Waals surface area contributed by atoms with Gasteiger partial charge in [0.1, 0.15) is 6.26 Å². The summed E-state index contributed by atoms with van der Waals surface area (Å²) in [6.07, 6.45) is 4.24. The topological polar surface area (TPSA) is 18.5 Å². The summed E-state index contributed by atoms with van der Waals surface area (Å²) in [5.41, 5.74) is 1.03. The van der Waals surface area contributed by atoms with Gasteiger partial charge in [-0.1, -0.05) is 12.1 Å². The van der Waals surface area contributed by atoms with E-state index in [-0.39, 0.29) is 0 Å². The number of hydrogen-bond donors (Lipinski definition) is 0. The van der Waals surface area contributed by atoms with Crippen molar-refractivity contribution in [2.75, 3.05) is 0 Å². The smallest absolute Gasteiger partial charge is 0.182 e. The number of hydrogen-bond acceptors (Lipinski definition) is 2. The second kappa shape index (κ2) is 2.66. The standard InChI is InChI=1S/C9H7O2/c1-2-6-9-8(4-1)5-3-7-10-11-9/h1-3,6-7H,5H2. The lowest BCUT2D eigenvalue weighted by molar-refractivity contribution is -0.148. The zero-order valence-corrected chi connectivity index (χ0v) is 5.91. The van der Waals surface area contributed by atoms with Crippen molar-refractivity contribution in [2.45, 2.75) is 6.42 Å². The molecule has 0 amide bonds. The van der Waals surface area contributed by atoms with E-state index in [9.17, 15) is 0 Å². The van der Waals surface area contributed by atoms with E-state index in [2.05, 4.69) is 6.07 Å². The molecule has 0 saturated heterocycles. The molecule has 2 rings (SSSR count). The minimum atomic E-state index is 0.748. The van der Waals surface area contributed by atoms with Gasteiger partial charge in [0.05, 0.1) is 0 Å². The van der Waals surface area contributed by atoms with E-state index < -0.39 is 0 Å². The molecule has 1 heterocycles. The Morgan fingerprint density at radius 2 is 2.45 bits per heavy atom. The molecule has 1 aromatic rings. The van der Waals surface area contributed by atoms with Gasteiger partial charge in [0.15, 0.2) is 5.75 Å². The van der Waals surface area contributed by atoms with E-state index in [1.54, 1.807) is 0 Å². The van der Waals surface area contributed by atoms with Crippen molar-refractivity contribution >= 4 is 0 Å². The van der Waals surface area contributed by atoms with Crippen molar-refractivity contribution in [3.63, 3.8) is 0 Å². The van der Waals surface area contributed by atoms with Crippen LogP contribution in [0.2, 0.25) is 0 Å². The van der Waals surface area contributed by atoms with Crippen LogP contribution in [0.3, 0.4) is 0 Å². The van der Waals surface area contributed by atoms with Crippen LogP contribution in [0.5, 0.6) is 5.75 Å². The van der Waals surface area contributed by atoms with Gasteiger partial charge in [-0.05, 0) is 24.6 Å². The first-order chi connectivity index (χ1) is 5.47. The Balaban J connectivity index is 2.40. The quantitative estimate of drug-likeness (QED) is 0.521. The first kappa shape index (κ1) is 6.28. The van der Waals surface area contributed by atoms with Crippen LogP contribution in [-0.2, 0) is 11.3 Å². The van der Waals surface area contributed by atoms with Gasteiger partial charge in [-0.15, -0.1) is 0 Å². The molecule has 0 atom stereocenters. The van der Waals surface area contributed by atoms with Crippen LogP contribution in [0.4, 0.5) is 0 Å². The van der Waals surface area contributed by atoms with Gasteiger partial charge in [0.25, 0.3) is 0 Å². The molecule has 0 aliphatic carbocycles. The van der Waals surface area contributed by atoms with Crippen LogP contribution < -0.4 is 4.89 Å². The molecule has 0 saturated carbocycles. The zero-order valence-electron chi connectivity index (χ0n) is 5.91. The normalized spacial score (nSPS) is 14.2. The third-order valence-corrected chi connectivity index (χ3v) is 1.51. The summed E-state index contributed by atoms with van der Waals surface area (Å²) >= 11 is 0. The minimum Gasteiger partial charge on any atom is -0.298 e. The molecule has 0 fully saturated rings. The largest absolute Gasteiger partial charge is 0.298 e. The highest BCUT2D eigenvalue weighted by atomic mass is 17.2. The second-order valence-electron chi connectivity index (χ2n) is 2.27. The van der Waals surface area contributed by atoms with Crippen LogP contribution in [0.25, 0.3) is 0 Å². The van der Waals surface area contributed by atoms with Crippen LogP contribution in [-0.4, -0.2) is 0 Å². The van der Waals surface area contributed by atoms with Crippen LogP contribution in [0, 0.1) is 6.07 Å². The predicted octanol–water partition coefficient (Wildman–Crippen LogP) is 1.87. The molecule has 0 N–H and O–H groups in total. The highest BCUT2D eigenvalue weighted by Crippen LogP contribution is 2.20. The van der Waals surface area contributed by atoms with E-state index in [1.165, 1.54) is 6.26 Å². The molecule has 0 unspecified atom stereocenters. The van der Waals surface area contributed by atoms with Gasteiger partial charge in [0, 0.05) is 5.56 Å². The molecule has 11 heavy (non-hydrogen) atoms. The summed E-state index contributed by atoms with van der Waals surface area (Å²) in [5.74, 6) is 0.748. The number of allylic oxidation sites excluding steroid dienone is 1. The predicted molar refractivity (Wildman–Crippen MR) is 39.8 cm³/mol. The van der Waals surface area contributed by atoms with Crippen LogP contribution in [0.1, 0.15) is 5.56 Å². The van der Waals surface area contributed by atoms with Gasteiger partial charge >= 0.3 is 0 Å². The number of benzene rings is 1. The lowest BCUT2D eigenvalue weighted by Crippen LogP contribution is -1.90. The van der Waals surface area contributed by atoms with Gasteiger partial charge in [-0.25, -0.2) is 0 Å². The molecule has 2 nitrogen and oxygen atoms in total. The van der Waals surface area contributed by atoms with E-state index >= 15 is 0 Å². The fraction of sp³-hybridized carbons (Fsp3) is 0.111. The summed E-state index contributed by atoms with van der Waals surface area (Å²) in [6, 6.07) is 8.66. The molecule has 55 valence electrons. The molecule has 2 heteroatoms. The molecule has 0 aromatic heterocycles. The summed E-state index contributed by atoms with van der Waals surface area (Å²) in [7, 11) is 0. The summed E-state index contributed by atoms with van der Waals surface area (Å²) in [6.45, 7) is 0. The third kappa shape index (κ3) is 1.19. The van der Waals surface area contributed by atoms with Gasteiger partial charge in [-0.3, -0.25) is 9.78 Å². The van der Waals surface area contributed by atoms with E-state index in [4.69, 9.17) is 9.78 Å². The Morgan fingerprint density at radius 1 is 1.45 bits per heavy atom. The Hall–Kier alpha value is -1.44. The Kier molecular flexibility index (Phi) is 1.52. The fourth-order valence-electron chi connectivity index (χ4n) is 0.978. The van der Waals surface area contributed by atoms with Crippen molar-refractivity contribution in [3.05, 3.63) is 42.2 Å². The molecular weight excluding hydrogens is 140 g/mol. The third-order valence-electron chi connectivity index (χ3n) is 1.51. The molecule has 0 bridgehead atoms. The second-order valence-corrected chi connectivity index (χ2v) is 2.27. The summed E-state index contributed by atoms with van der Waals surface area (Å²) in [4.78, 5) is 9.65. The number of rotatable bonds is 0. The lowest BCUT2D eigenvalue weighted by atomic mass is 10.1. The minimum absolute atomic E-state index is 0.748. The average molecular weight is 147 g/mol. The van der Waals surface area contributed by atoms with Crippen LogP contribution in [0.15, 0.2) is 30.5 Å². The Labute approximate surface area is 65.0 Å². The molecule has 0 spiro atoms. The first-order valence-corrected chi connectivity index (χ1v) is 3.45. The SMILES string of the molecule is [c]1cccc2c1CC=COO2. The van der Waals surface area contributed by atoms with Gasteiger partial charge in [0.2, 0.25) is 0 Å². The maximum Gasteiger partial charge on any atom is 0.182 e. The molecule has 1 radical (unpaired) electrons. The van der Waals surface area contributed by atoms with Crippen molar-refractivity contribution in [2.24, 2.45) is 0 Å². The van der Waals surface area contributed by atoms with Crippen LogP contribution >= 0.6 is 0 Å². The summed E-state index contributed by atoms with van der Waals surface area (Å²) in [5, 5.41) is 0. The lowest BCUT2D eigenvalue weighted by Gasteiger charge is -2.01. The van der Waals surface area contributed by atoms with Gasteiger partial charge in [-0.2, -0.15) is 0 Å². The summed E-state index contributed by atoms with van der Waals surface area (Å²) < 4.78 is 0. The first-order valence-electron chi connectivity index (χ1n) is 3.45. The van der Waals surface area contributed by atoms with E-state index in [0.717, 1.165) is 17.7 Å². The average Bonchev–Trinajstić information content (AvgIpc) is 2.28. The molecular formula is C9H7O2. The van der Waals surface area contributed by atoms with Crippen molar-refractivity contribution < 1.29 is 9.78 Å². The highest BCUT2D eigenvalue weighted by Gasteiger charge is 2.04. The maximum absolute atomic E-state index is 4.93.